The lowest BCUT2D eigenvalue weighted by Gasteiger charge is -2.15. The van der Waals surface area contributed by atoms with Gasteiger partial charge in [-0.2, -0.15) is 11.8 Å². The Balaban J connectivity index is 2.51. The van der Waals surface area contributed by atoms with E-state index in [9.17, 15) is 19.2 Å². The number of anilines is 1. The molecule has 25 heavy (non-hydrogen) atoms. The van der Waals surface area contributed by atoms with Crippen molar-refractivity contribution in [3.05, 3.63) is 29.8 Å². The number of nitrogens with one attached hydrogen (secondary N) is 2. The molecule has 4 N–H and O–H groups in total. The first kappa shape index (κ1) is 20.5. The summed E-state index contributed by atoms with van der Waals surface area (Å²) in [5.74, 6) is -0.721. The maximum absolute atomic E-state index is 11.9. The summed E-state index contributed by atoms with van der Waals surface area (Å²) in [4.78, 5) is 45.9. The van der Waals surface area contributed by atoms with Crippen molar-refractivity contribution in [2.75, 3.05) is 23.9 Å². The first-order valence-electron chi connectivity index (χ1n) is 7.46. The SMILES string of the molecule is CSCC[C@H](NC(N)=O)C(=O)OCC(=O)Nc1ccc(C(C)=O)cc1. The highest BCUT2D eigenvalue weighted by Gasteiger charge is 2.21. The van der Waals surface area contributed by atoms with E-state index < -0.39 is 30.6 Å². The number of esters is 1. The molecule has 0 spiro atoms. The fraction of sp³-hybridized carbons (Fsp3) is 0.375. The standard InChI is InChI=1S/C16H21N3O5S/c1-10(20)11-3-5-12(6-4-11)18-14(21)9-24-15(22)13(7-8-25-2)19-16(17)23/h3-6,13H,7-9H2,1-2H3,(H,18,21)(H3,17,19,23)/t13-/m0/s1. The second kappa shape index (κ2) is 10.3. The van der Waals surface area contributed by atoms with Crippen molar-refractivity contribution >= 4 is 41.1 Å². The summed E-state index contributed by atoms with van der Waals surface area (Å²) in [6.07, 6.45) is 2.20. The minimum Gasteiger partial charge on any atom is -0.454 e. The van der Waals surface area contributed by atoms with E-state index in [1.54, 1.807) is 24.3 Å². The number of primary amides is 1. The molecule has 0 aromatic heterocycles. The van der Waals surface area contributed by atoms with Crippen LogP contribution in [0.5, 0.6) is 0 Å². The van der Waals surface area contributed by atoms with E-state index in [0.29, 0.717) is 23.4 Å². The average molecular weight is 367 g/mol. The van der Waals surface area contributed by atoms with E-state index in [0.717, 1.165) is 0 Å². The Kier molecular flexibility index (Phi) is 8.48. The Bertz CT molecular complexity index is 633. The number of carbonyl (C=O) groups is 4. The number of benzene rings is 1. The summed E-state index contributed by atoms with van der Waals surface area (Å²) in [5.41, 5.74) is 6.03. The van der Waals surface area contributed by atoms with E-state index in [2.05, 4.69) is 10.6 Å². The van der Waals surface area contributed by atoms with Crippen LogP contribution in [0.15, 0.2) is 24.3 Å². The van der Waals surface area contributed by atoms with E-state index in [1.807, 2.05) is 6.26 Å². The first-order valence-corrected chi connectivity index (χ1v) is 8.85. The molecule has 0 aliphatic carbocycles. The summed E-state index contributed by atoms with van der Waals surface area (Å²) in [5, 5.41) is 4.83. The van der Waals surface area contributed by atoms with Gasteiger partial charge in [0.2, 0.25) is 0 Å². The normalized spacial score (nSPS) is 11.3. The van der Waals surface area contributed by atoms with Gasteiger partial charge in [-0.3, -0.25) is 9.59 Å². The quantitative estimate of drug-likeness (QED) is 0.444. The molecule has 0 fully saturated rings. The zero-order valence-electron chi connectivity index (χ0n) is 14.0. The zero-order valence-corrected chi connectivity index (χ0v) is 14.9. The van der Waals surface area contributed by atoms with Crippen molar-refractivity contribution in [3.63, 3.8) is 0 Å². The van der Waals surface area contributed by atoms with Crippen LogP contribution in [0, 0.1) is 0 Å². The Morgan fingerprint density at radius 2 is 1.84 bits per heavy atom. The predicted octanol–water partition coefficient (Wildman–Crippen LogP) is 1.16. The molecule has 8 nitrogen and oxygen atoms in total. The van der Waals surface area contributed by atoms with Gasteiger partial charge in [-0.15, -0.1) is 0 Å². The van der Waals surface area contributed by atoms with Gasteiger partial charge in [-0.25, -0.2) is 9.59 Å². The van der Waals surface area contributed by atoms with Crippen LogP contribution in [0.2, 0.25) is 0 Å². The van der Waals surface area contributed by atoms with Gasteiger partial charge in [-0.05, 0) is 49.6 Å². The second-order valence-electron chi connectivity index (χ2n) is 5.13. The lowest BCUT2D eigenvalue weighted by atomic mass is 10.1. The van der Waals surface area contributed by atoms with E-state index in [4.69, 9.17) is 10.5 Å². The van der Waals surface area contributed by atoms with Gasteiger partial charge in [0.25, 0.3) is 5.91 Å². The molecule has 0 saturated carbocycles. The molecular formula is C16H21N3O5S. The molecule has 1 atom stereocenters. The molecule has 0 heterocycles. The molecule has 0 aliphatic heterocycles. The molecule has 0 bridgehead atoms. The Morgan fingerprint density at radius 3 is 2.36 bits per heavy atom. The number of Topliss-reactive ketones (excluding diaryl/α,β-unsaturated/α-hetero) is 1. The van der Waals surface area contributed by atoms with Gasteiger partial charge in [-0.1, -0.05) is 0 Å². The van der Waals surface area contributed by atoms with Gasteiger partial charge in [0.15, 0.2) is 12.4 Å². The molecule has 9 heteroatoms. The van der Waals surface area contributed by atoms with Crippen LogP contribution in [-0.2, 0) is 14.3 Å². The van der Waals surface area contributed by atoms with E-state index in [-0.39, 0.29) is 5.78 Å². The molecule has 136 valence electrons. The highest BCUT2D eigenvalue weighted by molar-refractivity contribution is 7.98. The van der Waals surface area contributed by atoms with Crippen LogP contribution in [0.3, 0.4) is 0 Å². The number of thioether (sulfide) groups is 1. The lowest BCUT2D eigenvalue weighted by molar-refractivity contribution is -0.149. The predicted molar refractivity (Wildman–Crippen MR) is 95.5 cm³/mol. The fourth-order valence-electron chi connectivity index (χ4n) is 1.88. The van der Waals surface area contributed by atoms with E-state index in [1.165, 1.54) is 18.7 Å². The summed E-state index contributed by atoms with van der Waals surface area (Å²) in [6.45, 7) is 0.949. The first-order chi connectivity index (χ1) is 11.8. The molecule has 1 aromatic carbocycles. The number of ether oxygens (including phenoxy) is 1. The van der Waals surface area contributed by atoms with Crippen molar-refractivity contribution in [2.24, 2.45) is 5.73 Å². The van der Waals surface area contributed by atoms with E-state index >= 15 is 0 Å². The topological polar surface area (TPSA) is 128 Å². The zero-order chi connectivity index (χ0) is 18.8. The number of carbonyl (C=O) groups excluding carboxylic acids is 4. The molecule has 0 unspecified atom stereocenters. The number of urea groups is 1. The number of hydrogen-bond acceptors (Lipinski definition) is 6. The molecule has 0 saturated heterocycles. The third-order valence-electron chi connectivity index (χ3n) is 3.13. The van der Waals surface area contributed by atoms with Crippen molar-refractivity contribution in [1.29, 1.82) is 0 Å². The van der Waals surface area contributed by atoms with Crippen molar-refractivity contribution in [2.45, 2.75) is 19.4 Å². The number of ketones is 1. The fourth-order valence-corrected chi connectivity index (χ4v) is 2.35. The Hall–Kier alpha value is -2.55. The second-order valence-corrected chi connectivity index (χ2v) is 6.12. The van der Waals surface area contributed by atoms with Gasteiger partial charge in [0.05, 0.1) is 0 Å². The summed E-state index contributed by atoms with van der Waals surface area (Å²) >= 11 is 1.50. The average Bonchev–Trinajstić information content (AvgIpc) is 2.56. The van der Waals surface area contributed by atoms with Gasteiger partial charge >= 0.3 is 12.0 Å². The molecule has 1 rings (SSSR count). The van der Waals surface area contributed by atoms with Crippen LogP contribution in [-0.4, -0.2) is 48.3 Å². The van der Waals surface area contributed by atoms with Crippen molar-refractivity contribution in [3.8, 4) is 0 Å². The smallest absolute Gasteiger partial charge is 0.329 e. The summed E-state index contributed by atoms with van der Waals surface area (Å²) in [7, 11) is 0. The molecule has 0 aliphatic rings. The van der Waals surface area contributed by atoms with Crippen molar-refractivity contribution < 1.29 is 23.9 Å². The molecule has 0 radical (unpaired) electrons. The number of nitrogens with two attached hydrogens (primary N) is 1. The lowest BCUT2D eigenvalue weighted by Crippen LogP contribution is -2.45. The van der Waals surface area contributed by atoms with Gasteiger partial charge in [0, 0.05) is 11.3 Å². The Labute approximate surface area is 149 Å². The minimum atomic E-state index is -0.896. The molecule has 1 aromatic rings. The van der Waals surface area contributed by atoms with Crippen LogP contribution in [0.25, 0.3) is 0 Å². The highest BCUT2D eigenvalue weighted by atomic mass is 32.2. The van der Waals surface area contributed by atoms with Crippen LogP contribution >= 0.6 is 11.8 Å². The monoisotopic (exact) mass is 367 g/mol. The summed E-state index contributed by atoms with van der Waals surface area (Å²) < 4.78 is 4.91. The van der Waals surface area contributed by atoms with Crippen LogP contribution in [0.4, 0.5) is 10.5 Å². The van der Waals surface area contributed by atoms with Gasteiger partial charge < -0.3 is 21.1 Å². The molecule has 3 amide bonds. The molecular weight excluding hydrogens is 346 g/mol. The third kappa shape index (κ3) is 7.71. The van der Waals surface area contributed by atoms with Gasteiger partial charge in [0.1, 0.15) is 6.04 Å². The summed E-state index contributed by atoms with van der Waals surface area (Å²) in [6, 6.07) is 4.59. The number of rotatable bonds is 9. The minimum absolute atomic E-state index is 0.0787. The van der Waals surface area contributed by atoms with Crippen molar-refractivity contribution in [1.82, 2.24) is 5.32 Å². The number of hydrogen-bond donors (Lipinski definition) is 3. The van der Waals surface area contributed by atoms with Crippen LogP contribution in [0.1, 0.15) is 23.7 Å². The number of amides is 3. The third-order valence-corrected chi connectivity index (χ3v) is 3.78. The maximum atomic E-state index is 11.9. The highest BCUT2D eigenvalue weighted by Crippen LogP contribution is 2.10. The van der Waals surface area contributed by atoms with Crippen LogP contribution < -0.4 is 16.4 Å². The largest absolute Gasteiger partial charge is 0.454 e. The Morgan fingerprint density at radius 1 is 1.20 bits per heavy atom. The maximum Gasteiger partial charge on any atom is 0.329 e.